The largest absolute Gasteiger partial charge is 0.334 e. The van der Waals surface area contributed by atoms with Gasteiger partial charge in [-0.3, -0.25) is 4.90 Å². The Kier molecular flexibility index (Phi) is 5.71. The summed E-state index contributed by atoms with van der Waals surface area (Å²) in [6.45, 7) is 9.19. The third-order valence-corrected chi connectivity index (χ3v) is 4.88. The highest BCUT2D eigenvalue weighted by atomic mass is 16.2. The van der Waals surface area contributed by atoms with Crippen LogP contribution < -0.4 is 5.32 Å². The Morgan fingerprint density at radius 2 is 1.64 bits per heavy atom. The van der Waals surface area contributed by atoms with Crippen LogP contribution in [0.3, 0.4) is 0 Å². The molecular weight excluding hydrogens is 310 g/mol. The summed E-state index contributed by atoms with van der Waals surface area (Å²) in [6.07, 6.45) is 0. The van der Waals surface area contributed by atoms with E-state index in [2.05, 4.69) is 72.6 Å². The van der Waals surface area contributed by atoms with Crippen LogP contribution >= 0.6 is 0 Å². The van der Waals surface area contributed by atoms with Crippen LogP contribution in [0.2, 0.25) is 0 Å². The molecule has 1 aliphatic rings. The van der Waals surface area contributed by atoms with E-state index in [1.54, 1.807) is 0 Å². The van der Waals surface area contributed by atoms with Crippen molar-refractivity contribution in [2.75, 3.05) is 26.2 Å². The standard InChI is InChI=1S/C21H27N3O/c1-17-7-9-19(10-8-17)15-22-21(25)24-13-11-23(12-14-24)16-20-6-4-3-5-18(20)2/h3-10H,11-16H2,1-2H3,(H,22,25). The highest BCUT2D eigenvalue weighted by Gasteiger charge is 2.21. The third-order valence-electron chi connectivity index (χ3n) is 4.88. The SMILES string of the molecule is Cc1ccc(CNC(=O)N2CCN(Cc3ccccc3C)CC2)cc1. The van der Waals surface area contributed by atoms with Gasteiger partial charge >= 0.3 is 6.03 Å². The van der Waals surface area contributed by atoms with Gasteiger partial charge in [0, 0.05) is 39.3 Å². The van der Waals surface area contributed by atoms with Crippen molar-refractivity contribution in [3.05, 3.63) is 70.8 Å². The molecule has 1 aliphatic heterocycles. The van der Waals surface area contributed by atoms with Gasteiger partial charge < -0.3 is 10.2 Å². The first kappa shape index (κ1) is 17.5. The van der Waals surface area contributed by atoms with Gasteiger partial charge in [0.15, 0.2) is 0 Å². The number of nitrogens with zero attached hydrogens (tertiary/aromatic N) is 2. The Morgan fingerprint density at radius 3 is 2.32 bits per heavy atom. The summed E-state index contributed by atoms with van der Waals surface area (Å²) >= 11 is 0. The minimum absolute atomic E-state index is 0.0381. The monoisotopic (exact) mass is 337 g/mol. The molecule has 0 aromatic heterocycles. The van der Waals surface area contributed by atoms with Crippen molar-refractivity contribution in [3.63, 3.8) is 0 Å². The number of urea groups is 1. The highest BCUT2D eigenvalue weighted by Crippen LogP contribution is 2.12. The van der Waals surface area contributed by atoms with Gasteiger partial charge in [0.1, 0.15) is 0 Å². The van der Waals surface area contributed by atoms with Crippen molar-refractivity contribution in [2.24, 2.45) is 0 Å². The van der Waals surface area contributed by atoms with Crippen LogP contribution in [0.5, 0.6) is 0 Å². The molecule has 132 valence electrons. The quantitative estimate of drug-likeness (QED) is 0.929. The molecule has 0 bridgehead atoms. The lowest BCUT2D eigenvalue weighted by Crippen LogP contribution is -2.51. The molecular formula is C21H27N3O. The van der Waals surface area contributed by atoms with Crippen molar-refractivity contribution >= 4 is 6.03 Å². The van der Waals surface area contributed by atoms with E-state index in [9.17, 15) is 4.79 Å². The second-order valence-corrected chi connectivity index (χ2v) is 6.83. The average Bonchev–Trinajstić information content (AvgIpc) is 2.63. The maximum absolute atomic E-state index is 12.4. The normalized spacial score (nSPS) is 15.2. The molecule has 25 heavy (non-hydrogen) atoms. The lowest BCUT2D eigenvalue weighted by atomic mass is 10.1. The zero-order chi connectivity index (χ0) is 17.6. The molecule has 0 aliphatic carbocycles. The van der Waals surface area contributed by atoms with Crippen LogP contribution in [0.15, 0.2) is 48.5 Å². The Labute approximate surface area is 150 Å². The molecule has 1 N–H and O–H groups in total. The predicted octanol–water partition coefficient (Wildman–Crippen LogP) is 3.33. The van der Waals surface area contributed by atoms with E-state index >= 15 is 0 Å². The molecule has 1 fully saturated rings. The van der Waals surface area contributed by atoms with Crippen LogP contribution in [0.25, 0.3) is 0 Å². The summed E-state index contributed by atoms with van der Waals surface area (Å²) in [5.41, 5.74) is 5.08. The van der Waals surface area contributed by atoms with E-state index in [1.165, 1.54) is 16.7 Å². The summed E-state index contributed by atoms with van der Waals surface area (Å²) in [5.74, 6) is 0. The molecule has 2 aromatic rings. The van der Waals surface area contributed by atoms with E-state index in [-0.39, 0.29) is 6.03 Å². The van der Waals surface area contributed by atoms with Crippen molar-refractivity contribution in [3.8, 4) is 0 Å². The predicted molar refractivity (Wildman–Crippen MR) is 101 cm³/mol. The van der Waals surface area contributed by atoms with Crippen molar-refractivity contribution in [2.45, 2.75) is 26.9 Å². The maximum atomic E-state index is 12.4. The number of piperazine rings is 1. The molecule has 4 heteroatoms. The Balaban J connectivity index is 1.44. The third kappa shape index (κ3) is 4.83. The van der Waals surface area contributed by atoms with E-state index < -0.39 is 0 Å². The number of rotatable bonds is 4. The summed E-state index contributed by atoms with van der Waals surface area (Å²) < 4.78 is 0. The van der Waals surface area contributed by atoms with Gasteiger partial charge in [0.05, 0.1) is 0 Å². The number of hydrogen-bond donors (Lipinski definition) is 1. The van der Waals surface area contributed by atoms with E-state index in [1.807, 2.05) is 4.90 Å². The second-order valence-electron chi connectivity index (χ2n) is 6.83. The van der Waals surface area contributed by atoms with Gasteiger partial charge in [-0.25, -0.2) is 4.79 Å². The summed E-state index contributed by atoms with van der Waals surface area (Å²) in [6, 6.07) is 16.8. The molecule has 1 heterocycles. The number of benzene rings is 2. The van der Waals surface area contributed by atoms with Gasteiger partial charge in [0.2, 0.25) is 0 Å². The minimum Gasteiger partial charge on any atom is -0.334 e. The van der Waals surface area contributed by atoms with Crippen molar-refractivity contribution in [1.82, 2.24) is 15.1 Å². The van der Waals surface area contributed by atoms with Crippen LogP contribution in [0.1, 0.15) is 22.3 Å². The lowest BCUT2D eigenvalue weighted by Gasteiger charge is -2.35. The number of nitrogens with one attached hydrogen (secondary N) is 1. The minimum atomic E-state index is 0.0381. The fraction of sp³-hybridized carbons (Fsp3) is 0.381. The van der Waals surface area contributed by atoms with Crippen LogP contribution in [-0.2, 0) is 13.1 Å². The summed E-state index contributed by atoms with van der Waals surface area (Å²) in [5, 5.41) is 3.03. The van der Waals surface area contributed by atoms with E-state index in [0.717, 1.165) is 38.3 Å². The van der Waals surface area contributed by atoms with Crippen LogP contribution in [0.4, 0.5) is 4.79 Å². The molecule has 4 nitrogen and oxygen atoms in total. The molecule has 1 saturated heterocycles. The topological polar surface area (TPSA) is 35.6 Å². The number of hydrogen-bond acceptors (Lipinski definition) is 2. The van der Waals surface area contributed by atoms with E-state index in [0.29, 0.717) is 6.54 Å². The molecule has 2 aromatic carbocycles. The molecule has 0 atom stereocenters. The number of aryl methyl sites for hydroxylation is 2. The Bertz CT molecular complexity index is 703. The van der Waals surface area contributed by atoms with Crippen molar-refractivity contribution in [1.29, 1.82) is 0 Å². The van der Waals surface area contributed by atoms with Gasteiger partial charge in [-0.1, -0.05) is 54.1 Å². The smallest absolute Gasteiger partial charge is 0.317 e. The number of carbonyl (C=O) groups is 1. The first-order chi connectivity index (χ1) is 12.1. The average molecular weight is 337 g/mol. The first-order valence-electron chi connectivity index (χ1n) is 8.97. The molecule has 0 spiro atoms. The molecule has 0 saturated carbocycles. The van der Waals surface area contributed by atoms with Gasteiger partial charge in [-0.05, 0) is 30.5 Å². The number of carbonyl (C=O) groups excluding carboxylic acids is 1. The fourth-order valence-corrected chi connectivity index (χ4v) is 3.13. The Morgan fingerprint density at radius 1 is 0.960 bits per heavy atom. The molecule has 0 unspecified atom stereocenters. The van der Waals surface area contributed by atoms with Gasteiger partial charge in [-0.15, -0.1) is 0 Å². The summed E-state index contributed by atoms with van der Waals surface area (Å²) in [4.78, 5) is 16.7. The lowest BCUT2D eigenvalue weighted by molar-refractivity contribution is 0.135. The highest BCUT2D eigenvalue weighted by molar-refractivity contribution is 5.74. The Hall–Kier alpha value is -2.33. The van der Waals surface area contributed by atoms with E-state index in [4.69, 9.17) is 0 Å². The van der Waals surface area contributed by atoms with Gasteiger partial charge in [0.25, 0.3) is 0 Å². The van der Waals surface area contributed by atoms with Gasteiger partial charge in [-0.2, -0.15) is 0 Å². The molecule has 0 radical (unpaired) electrons. The van der Waals surface area contributed by atoms with Crippen LogP contribution in [0, 0.1) is 13.8 Å². The number of amides is 2. The molecule has 2 amide bonds. The summed E-state index contributed by atoms with van der Waals surface area (Å²) in [7, 11) is 0. The van der Waals surface area contributed by atoms with Crippen molar-refractivity contribution < 1.29 is 4.79 Å². The molecule has 3 rings (SSSR count). The van der Waals surface area contributed by atoms with Crippen LogP contribution in [-0.4, -0.2) is 42.0 Å². The fourth-order valence-electron chi connectivity index (χ4n) is 3.13. The maximum Gasteiger partial charge on any atom is 0.317 e. The first-order valence-corrected chi connectivity index (χ1v) is 8.97. The second kappa shape index (κ2) is 8.17. The zero-order valence-electron chi connectivity index (χ0n) is 15.2. The zero-order valence-corrected chi connectivity index (χ0v) is 15.2.